The lowest BCUT2D eigenvalue weighted by atomic mass is 10.1. The highest BCUT2D eigenvalue weighted by atomic mass is 32.1. The molecule has 0 unspecified atom stereocenters. The average Bonchev–Trinajstić information content (AvgIpc) is 2.19. The summed E-state index contributed by atoms with van der Waals surface area (Å²) in [5, 5.41) is 3.19. The minimum Gasteiger partial charge on any atom is -0.482 e. The Bertz CT molecular complexity index is 87.7. The second kappa shape index (κ2) is 22.6. The third-order valence-electron chi connectivity index (χ3n) is 0.948. The standard InChI is InChI=1S/C6H14N2O.C2H6.CH4S/c1-6(2)3-4-9-5-8-7;2*1-2/h5-6H,3-4,7H2,1-2H3;1-2H3;2H,1H3/b8-5-;;. The topological polar surface area (TPSA) is 47.6 Å². The van der Waals surface area contributed by atoms with Crippen LogP contribution in [0.25, 0.3) is 0 Å². The van der Waals surface area contributed by atoms with E-state index in [2.05, 4.69) is 31.6 Å². The van der Waals surface area contributed by atoms with Crippen molar-refractivity contribution in [2.24, 2.45) is 16.9 Å². The number of thiol groups is 1. The van der Waals surface area contributed by atoms with E-state index in [0.717, 1.165) is 6.42 Å². The predicted molar refractivity (Wildman–Crippen MR) is 64.3 cm³/mol. The van der Waals surface area contributed by atoms with E-state index in [0.29, 0.717) is 12.5 Å². The fourth-order valence-electron chi connectivity index (χ4n) is 0.399. The maximum absolute atomic E-state index is 4.88. The molecular weight excluding hydrogens is 184 g/mol. The molecule has 0 aliphatic rings. The van der Waals surface area contributed by atoms with Crippen molar-refractivity contribution in [1.82, 2.24) is 0 Å². The van der Waals surface area contributed by atoms with E-state index in [-0.39, 0.29) is 0 Å². The molecule has 0 aliphatic carbocycles. The molecular formula is C9H24N2OS. The van der Waals surface area contributed by atoms with Crippen molar-refractivity contribution < 1.29 is 4.74 Å². The minimum absolute atomic E-state index is 0.677. The third kappa shape index (κ3) is 34.0. The largest absolute Gasteiger partial charge is 0.482 e. The number of nitrogens with zero attached hydrogens (tertiary/aromatic N) is 1. The van der Waals surface area contributed by atoms with Crippen LogP contribution in [0.1, 0.15) is 34.1 Å². The Morgan fingerprint density at radius 2 is 1.85 bits per heavy atom. The Kier molecular flexibility index (Phi) is 32.0. The van der Waals surface area contributed by atoms with E-state index in [1.54, 1.807) is 6.26 Å². The maximum atomic E-state index is 4.88. The Morgan fingerprint density at radius 3 is 2.15 bits per heavy atom. The molecule has 0 atom stereocenters. The molecule has 3 nitrogen and oxygen atoms in total. The molecule has 82 valence electrons. The van der Waals surface area contributed by atoms with Gasteiger partial charge in [-0.05, 0) is 18.6 Å². The van der Waals surface area contributed by atoms with Crippen LogP contribution in [0.2, 0.25) is 0 Å². The summed E-state index contributed by atoms with van der Waals surface area (Å²) in [7, 11) is 0. The second-order valence-corrected chi connectivity index (χ2v) is 2.31. The SMILES string of the molecule is CC.CC(C)CCO/C=N\N.CS. The number of ether oxygens (including phenoxy) is 1. The molecule has 4 heteroatoms. The van der Waals surface area contributed by atoms with Gasteiger partial charge >= 0.3 is 0 Å². The van der Waals surface area contributed by atoms with Crippen molar-refractivity contribution in [2.45, 2.75) is 34.1 Å². The Labute approximate surface area is 88.1 Å². The maximum Gasteiger partial charge on any atom is 0.192 e. The lowest BCUT2D eigenvalue weighted by molar-refractivity contribution is 0.289. The van der Waals surface area contributed by atoms with Crippen molar-refractivity contribution in [3.05, 3.63) is 0 Å². The van der Waals surface area contributed by atoms with Gasteiger partial charge in [0.2, 0.25) is 0 Å². The van der Waals surface area contributed by atoms with Gasteiger partial charge in [-0.1, -0.05) is 27.7 Å². The van der Waals surface area contributed by atoms with E-state index in [4.69, 9.17) is 10.6 Å². The highest BCUT2D eigenvalue weighted by molar-refractivity contribution is 7.79. The van der Waals surface area contributed by atoms with Gasteiger partial charge in [0.05, 0.1) is 6.61 Å². The highest BCUT2D eigenvalue weighted by Crippen LogP contribution is 1.97. The van der Waals surface area contributed by atoms with E-state index in [1.165, 1.54) is 6.40 Å². The van der Waals surface area contributed by atoms with E-state index < -0.39 is 0 Å². The summed E-state index contributed by atoms with van der Waals surface area (Å²) in [5.41, 5.74) is 0. The number of hydrogen-bond acceptors (Lipinski definition) is 4. The zero-order valence-corrected chi connectivity index (χ0v) is 10.3. The van der Waals surface area contributed by atoms with Gasteiger partial charge < -0.3 is 10.6 Å². The molecule has 0 fully saturated rings. The summed E-state index contributed by atoms with van der Waals surface area (Å²) in [6, 6.07) is 0. The van der Waals surface area contributed by atoms with Gasteiger partial charge in [0.15, 0.2) is 6.40 Å². The van der Waals surface area contributed by atoms with Crippen LogP contribution in [-0.2, 0) is 4.74 Å². The Balaban J connectivity index is -0.000000218. The first-order chi connectivity index (χ1) is 6.27. The molecule has 0 aromatic rings. The van der Waals surface area contributed by atoms with Crippen molar-refractivity contribution in [3.8, 4) is 0 Å². The van der Waals surface area contributed by atoms with Crippen molar-refractivity contribution >= 4 is 19.0 Å². The lowest BCUT2D eigenvalue weighted by Crippen LogP contribution is -1.97. The molecule has 2 N–H and O–H groups in total. The number of hydrazone groups is 1. The van der Waals surface area contributed by atoms with Gasteiger partial charge in [0, 0.05) is 0 Å². The molecule has 0 radical (unpaired) electrons. The van der Waals surface area contributed by atoms with Crippen molar-refractivity contribution in [3.63, 3.8) is 0 Å². The van der Waals surface area contributed by atoms with E-state index in [1.807, 2.05) is 13.8 Å². The lowest BCUT2D eigenvalue weighted by Gasteiger charge is -2.01. The molecule has 0 amide bonds. The number of hydrogen-bond donors (Lipinski definition) is 2. The Hall–Kier alpha value is -0.380. The van der Waals surface area contributed by atoms with Crippen LogP contribution in [0.3, 0.4) is 0 Å². The first kappa shape index (κ1) is 18.4. The van der Waals surface area contributed by atoms with Gasteiger partial charge in [-0.15, -0.1) is 0 Å². The Morgan fingerprint density at radius 1 is 1.38 bits per heavy atom. The van der Waals surface area contributed by atoms with Crippen LogP contribution in [-0.4, -0.2) is 19.3 Å². The molecule has 0 rings (SSSR count). The first-order valence-electron chi connectivity index (χ1n) is 4.55. The van der Waals surface area contributed by atoms with Gasteiger partial charge in [-0.25, -0.2) is 0 Å². The summed E-state index contributed by atoms with van der Waals surface area (Å²) in [5.74, 6) is 5.47. The van der Waals surface area contributed by atoms with Gasteiger partial charge in [0.1, 0.15) is 0 Å². The summed E-state index contributed by atoms with van der Waals surface area (Å²) in [6.45, 7) is 8.99. The fraction of sp³-hybridized carbons (Fsp3) is 0.889. The first-order valence-corrected chi connectivity index (χ1v) is 5.45. The summed E-state index contributed by atoms with van der Waals surface area (Å²) in [6.07, 6.45) is 4.01. The zero-order valence-electron chi connectivity index (χ0n) is 9.45. The molecule has 0 saturated heterocycles. The molecule has 0 aromatic heterocycles. The fourth-order valence-corrected chi connectivity index (χ4v) is 0.399. The van der Waals surface area contributed by atoms with Crippen LogP contribution >= 0.6 is 12.6 Å². The van der Waals surface area contributed by atoms with Gasteiger partial charge in [-0.2, -0.15) is 17.7 Å². The molecule has 0 aliphatic heterocycles. The van der Waals surface area contributed by atoms with E-state index in [9.17, 15) is 0 Å². The molecule has 0 bridgehead atoms. The summed E-state index contributed by atoms with van der Waals surface area (Å²) >= 11 is 3.53. The van der Waals surface area contributed by atoms with Gasteiger partial charge in [-0.3, -0.25) is 0 Å². The number of rotatable bonds is 4. The average molecular weight is 208 g/mol. The van der Waals surface area contributed by atoms with E-state index >= 15 is 0 Å². The molecule has 0 aromatic carbocycles. The molecule has 0 spiro atoms. The van der Waals surface area contributed by atoms with Crippen molar-refractivity contribution in [2.75, 3.05) is 12.9 Å². The zero-order chi connectivity index (χ0) is 11.1. The monoisotopic (exact) mass is 208 g/mol. The van der Waals surface area contributed by atoms with Crippen LogP contribution in [0.5, 0.6) is 0 Å². The molecule has 13 heavy (non-hydrogen) atoms. The smallest absolute Gasteiger partial charge is 0.192 e. The van der Waals surface area contributed by atoms with Crippen molar-refractivity contribution in [1.29, 1.82) is 0 Å². The molecule has 0 saturated carbocycles. The highest BCUT2D eigenvalue weighted by Gasteiger charge is 1.90. The summed E-state index contributed by atoms with van der Waals surface area (Å²) in [4.78, 5) is 0. The quantitative estimate of drug-likeness (QED) is 0.186. The van der Waals surface area contributed by atoms with Crippen LogP contribution in [0, 0.1) is 5.92 Å². The number of nitrogens with two attached hydrogens (primary N) is 1. The minimum atomic E-state index is 0.677. The normalized spacial score (nSPS) is 8.54. The van der Waals surface area contributed by atoms with Crippen LogP contribution in [0.15, 0.2) is 5.10 Å². The molecule has 0 heterocycles. The second-order valence-electron chi connectivity index (χ2n) is 2.31. The van der Waals surface area contributed by atoms with Gasteiger partial charge in [0.25, 0.3) is 0 Å². The van der Waals surface area contributed by atoms with Crippen LogP contribution in [0.4, 0.5) is 0 Å². The third-order valence-corrected chi connectivity index (χ3v) is 0.948. The predicted octanol–water partition coefficient (Wildman–Crippen LogP) is 2.52. The van der Waals surface area contributed by atoms with Crippen LogP contribution < -0.4 is 5.84 Å². The summed E-state index contributed by atoms with van der Waals surface area (Å²) < 4.78 is 4.88.